The van der Waals surface area contributed by atoms with Crippen molar-refractivity contribution in [1.82, 2.24) is 9.47 Å². The van der Waals surface area contributed by atoms with E-state index < -0.39 is 30.2 Å². The van der Waals surface area contributed by atoms with Gasteiger partial charge in [-0.15, -0.1) is 0 Å². The number of hydrogen-bond acceptors (Lipinski definition) is 2. The largest absolute Gasteiger partial charge is 0.406 e. The summed E-state index contributed by atoms with van der Waals surface area (Å²) in [6, 6.07) is 3.89. The quantitative estimate of drug-likeness (QED) is 0.835. The molecule has 1 aliphatic carbocycles. The monoisotopic (exact) mass is 302 g/mol. The molecule has 7 heteroatoms. The minimum atomic E-state index is -4.44. The summed E-state index contributed by atoms with van der Waals surface area (Å²) in [5.41, 5.74) is -0.406. The number of carbonyl (C=O) groups is 1. The van der Waals surface area contributed by atoms with Crippen molar-refractivity contribution >= 4 is 5.91 Å². The summed E-state index contributed by atoms with van der Waals surface area (Å²) in [7, 11) is 0. The lowest BCUT2D eigenvalue weighted by Gasteiger charge is -2.30. The average molecular weight is 302 g/mol. The number of alkyl halides is 3. The normalized spacial score (nSPS) is 16.6. The van der Waals surface area contributed by atoms with Crippen molar-refractivity contribution < 1.29 is 18.0 Å². The van der Waals surface area contributed by atoms with Gasteiger partial charge < -0.3 is 9.47 Å². The standard InChI is InChI=1S/C14H17F3N2O2/c1-10(11-5-6-11)19(9-14(15,16)17)13(21)8-18-7-3-2-4-12(18)20/h2-4,7,10-11H,5-6,8-9H2,1H3/t10-/m0/s1. The van der Waals surface area contributed by atoms with Crippen molar-refractivity contribution in [1.29, 1.82) is 0 Å². The van der Waals surface area contributed by atoms with Crippen molar-refractivity contribution in [3.05, 3.63) is 34.7 Å². The first kappa shape index (κ1) is 15.6. The van der Waals surface area contributed by atoms with Gasteiger partial charge in [0, 0.05) is 18.3 Å². The van der Waals surface area contributed by atoms with Gasteiger partial charge in [0.2, 0.25) is 5.91 Å². The molecule has 0 unspecified atom stereocenters. The van der Waals surface area contributed by atoms with Gasteiger partial charge in [-0.3, -0.25) is 9.59 Å². The third-order valence-corrected chi connectivity index (χ3v) is 3.67. The van der Waals surface area contributed by atoms with Gasteiger partial charge in [-0.05, 0) is 31.7 Å². The maximum Gasteiger partial charge on any atom is 0.406 e. The van der Waals surface area contributed by atoms with Gasteiger partial charge in [0.05, 0.1) is 0 Å². The lowest BCUT2D eigenvalue weighted by Crippen LogP contribution is -2.47. The highest BCUT2D eigenvalue weighted by molar-refractivity contribution is 5.76. The molecule has 1 heterocycles. The maximum atomic E-state index is 12.7. The number of pyridine rings is 1. The molecule has 0 saturated heterocycles. The SMILES string of the molecule is C[C@@H](C1CC1)N(CC(F)(F)F)C(=O)Cn1ccccc1=O. The maximum absolute atomic E-state index is 12.7. The van der Waals surface area contributed by atoms with E-state index >= 15 is 0 Å². The number of rotatable bonds is 5. The molecular weight excluding hydrogens is 285 g/mol. The van der Waals surface area contributed by atoms with Gasteiger partial charge >= 0.3 is 6.18 Å². The Labute approximate surface area is 120 Å². The van der Waals surface area contributed by atoms with Gasteiger partial charge in [0.1, 0.15) is 13.1 Å². The van der Waals surface area contributed by atoms with Crippen LogP contribution in [-0.2, 0) is 11.3 Å². The van der Waals surface area contributed by atoms with Crippen LogP contribution in [-0.4, -0.2) is 34.1 Å². The number of halogens is 3. The Morgan fingerprint density at radius 3 is 2.62 bits per heavy atom. The molecule has 0 radical (unpaired) electrons. The third kappa shape index (κ3) is 4.34. The van der Waals surface area contributed by atoms with Crippen molar-refractivity contribution in [2.45, 2.75) is 38.5 Å². The Hall–Kier alpha value is -1.79. The molecule has 21 heavy (non-hydrogen) atoms. The van der Waals surface area contributed by atoms with Crippen LogP contribution in [0.15, 0.2) is 29.2 Å². The topological polar surface area (TPSA) is 42.3 Å². The van der Waals surface area contributed by atoms with Crippen LogP contribution in [0.5, 0.6) is 0 Å². The first-order chi connectivity index (χ1) is 9.78. The van der Waals surface area contributed by atoms with E-state index in [1.165, 1.54) is 18.3 Å². The Balaban J connectivity index is 2.13. The molecule has 0 aliphatic heterocycles. The van der Waals surface area contributed by atoms with Gasteiger partial charge in [-0.25, -0.2) is 0 Å². The fraction of sp³-hybridized carbons (Fsp3) is 0.571. The minimum absolute atomic E-state index is 0.129. The molecule has 1 aromatic heterocycles. The van der Waals surface area contributed by atoms with Gasteiger partial charge in [0.15, 0.2) is 0 Å². The fourth-order valence-corrected chi connectivity index (χ4v) is 2.31. The fourth-order valence-electron chi connectivity index (χ4n) is 2.31. The highest BCUT2D eigenvalue weighted by Gasteiger charge is 2.40. The Morgan fingerprint density at radius 1 is 1.43 bits per heavy atom. The van der Waals surface area contributed by atoms with Crippen molar-refractivity contribution in [2.75, 3.05) is 6.54 Å². The van der Waals surface area contributed by atoms with Crippen LogP contribution in [0.1, 0.15) is 19.8 Å². The van der Waals surface area contributed by atoms with Gasteiger partial charge in [-0.2, -0.15) is 13.2 Å². The number of hydrogen-bond donors (Lipinski definition) is 0. The zero-order valence-electron chi connectivity index (χ0n) is 11.6. The highest BCUT2D eigenvalue weighted by atomic mass is 19.4. The van der Waals surface area contributed by atoms with Gasteiger partial charge in [-0.1, -0.05) is 6.07 Å². The minimum Gasteiger partial charge on any atom is -0.329 e. The Morgan fingerprint density at radius 2 is 2.10 bits per heavy atom. The first-order valence-corrected chi connectivity index (χ1v) is 6.79. The molecule has 0 spiro atoms. The summed E-state index contributed by atoms with van der Waals surface area (Å²) in [6.07, 6.45) is -1.36. The molecule has 1 atom stereocenters. The second-order valence-corrected chi connectivity index (χ2v) is 5.38. The molecule has 4 nitrogen and oxygen atoms in total. The summed E-state index contributed by atoms with van der Waals surface area (Å²) in [6.45, 7) is -0.00697. The van der Waals surface area contributed by atoms with Crippen molar-refractivity contribution in [3.8, 4) is 0 Å². The van der Waals surface area contributed by atoms with E-state index in [4.69, 9.17) is 0 Å². The second-order valence-electron chi connectivity index (χ2n) is 5.38. The second kappa shape index (κ2) is 5.91. The zero-order valence-corrected chi connectivity index (χ0v) is 11.6. The molecule has 116 valence electrons. The Kier molecular flexibility index (Phi) is 4.39. The molecule has 1 amide bonds. The average Bonchev–Trinajstić information content (AvgIpc) is 3.21. The lowest BCUT2D eigenvalue weighted by molar-refractivity contribution is -0.166. The van der Waals surface area contributed by atoms with E-state index in [0.29, 0.717) is 0 Å². The van der Waals surface area contributed by atoms with E-state index in [2.05, 4.69) is 0 Å². The van der Waals surface area contributed by atoms with Crippen LogP contribution in [0.4, 0.5) is 13.2 Å². The van der Waals surface area contributed by atoms with Crippen LogP contribution in [0, 0.1) is 5.92 Å². The number of amides is 1. The number of aromatic nitrogens is 1. The van der Waals surface area contributed by atoms with Crippen LogP contribution < -0.4 is 5.56 Å². The zero-order chi connectivity index (χ0) is 15.6. The summed E-state index contributed by atoms with van der Waals surface area (Å²) in [5, 5.41) is 0. The summed E-state index contributed by atoms with van der Waals surface area (Å²) < 4.78 is 39.1. The molecule has 0 bridgehead atoms. The van der Waals surface area contributed by atoms with Gasteiger partial charge in [0.25, 0.3) is 5.56 Å². The summed E-state index contributed by atoms with van der Waals surface area (Å²) in [5.74, 6) is -0.552. The number of nitrogens with zero attached hydrogens (tertiary/aromatic N) is 2. The van der Waals surface area contributed by atoms with Crippen LogP contribution in [0.2, 0.25) is 0 Å². The molecule has 2 rings (SSSR count). The first-order valence-electron chi connectivity index (χ1n) is 6.79. The highest BCUT2D eigenvalue weighted by Crippen LogP contribution is 2.36. The van der Waals surface area contributed by atoms with E-state index in [-0.39, 0.29) is 12.5 Å². The number of carbonyl (C=O) groups excluding carboxylic acids is 1. The van der Waals surface area contributed by atoms with Crippen molar-refractivity contribution in [2.24, 2.45) is 5.92 Å². The molecule has 1 aliphatic rings. The molecule has 1 saturated carbocycles. The van der Waals surface area contributed by atoms with Crippen LogP contribution in [0.25, 0.3) is 0 Å². The predicted octanol–water partition coefficient (Wildman–Crippen LogP) is 2.04. The van der Waals surface area contributed by atoms with E-state index in [1.54, 1.807) is 13.0 Å². The predicted molar refractivity (Wildman–Crippen MR) is 70.7 cm³/mol. The molecular formula is C14H17F3N2O2. The smallest absolute Gasteiger partial charge is 0.329 e. The molecule has 0 N–H and O–H groups in total. The van der Waals surface area contributed by atoms with E-state index in [0.717, 1.165) is 22.3 Å². The van der Waals surface area contributed by atoms with Crippen molar-refractivity contribution in [3.63, 3.8) is 0 Å². The Bertz CT molecular complexity index is 564. The summed E-state index contributed by atoms with van der Waals surface area (Å²) in [4.78, 5) is 24.6. The molecule has 1 aromatic rings. The molecule has 0 aromatic carbocycles. The van der Waals surface area contributed by atoms with Crippen LogP contribution >= 0.6 is 0 Å². The lowest BCUT2D eigenvalue weighted by atomic mass is 10.1. The van der Waals surface area contributed by atoms with E-state index in [1.807, 2.05) is 0 Å². The molecule has 1 fully saturated rings. The van der Waals surface area contributed by atoms with E-state index in [9.17, 15) is 22.8 Å². The summed E-state index contributed by atoms with van der Waals surface area (Å²) >= 11 is 0. The van der Waals surface area contributed by atoms with Crippen LogP contribution in [0.3, 0.4) is 0 Å². The third-order valence-electron chi connectivity index (χ3n) is 3.67.